The minimum absolute atomic E-state index is 0.0147. The molecular weight excluding hydrogens is 368 g/mol. The second-order valence-electron chi connectivity index (χ2n) is 7.47. The van der Waals surface area contributed by atoms with Gasteiger partial charge in [-0.25, -0.2) is 0 Å². The molecule has 2 rings (SSSR count). The van der Waals surface area contributed by atoms with Crippen molar-refractivity contribution in [2.45, 2.75) is 41.5 Å². The Kier molecular flexibility index (Phi) is 9.19. The van der Waals surface area contributed by atoms with Crippen LogP contribution in [-0.4, -0.2) is 24.0 Å². The van der Waals surface area contributed by atoms with Crippen LogP contribution in [0.15, 0.2) is 36.4 Å². The number of amides is 2. The molecule has 0 saturated carbocycles. The van der Waals surface area contributed by atoms with Gasteiger partial charge in [-0.3, -0.25) is 9.59 Å². The van der Waals surface area contributed by atoms with E-state index in [-0.39, 0.29) is 29.4 Å². The third-order valence-electron chi connectivity index (χ3n) is 4.20. The minimum Gasteiger partial charge on any atom is -0.508 e. The first-order chi connectivity index (χ1) is 13.5. The number of nitrogens with one attached hydrogen (secondary N) is 2. The van der Waals surface area contributed by atoms with E-state index in [1.165, 1.54) is 0 Å². The van der Waals surface area contributed by atoms with Crippen LogP contribution in [0.1, 0.15) is 38.8 Å². The van der Waals surface area contributed by atoms with E-state index in [0.717, 1.165) is 22.6 Å². The largest absolute Gasteiger partial charge is 0.508 e. The van der Waals surface area contributed by atoms with Crippen molar-refractivity contribution < 1.29 is 19.4 Å². The number of hydrogen-bond donors (Lipinski definition) is 3. The molecule has 2 aromatic carbocycles. The van der Waals surface area contributed by atoms with Crippen LogP contribution < -0.4 is 15.4 Å². The van der Waals surface area contributed by atoms with Gasteiger partial charge >= 0.3 is 0 Å². The highest BCUT2D eigenvalue weighted by Crippen LogP contribution is 2.22. The molecule has 0 unspecified atom stereocenters. The van der Waals surface area contributed by atoms with Gasteiger partial charge in [0.15, 0.2) is 0 Å². The number of benzene rings is 2. The summed E-state index contributed by atoms with van der Waals surface area (Å²) in [6.07, 6.45) is 0. The van der Waals surface area contributed by atoms with Crippen LogP contribution in [0.3, 0.4) is 0 Å². The van der Waals surface area contributed by atoms with Crippen molar-refractivity contribution in [1.82, 2.24) is 0 Å². The van der Waals surface area contributed by atoms with Crippen LogP contribution in [0.5, 0.6) is 11.5 Å². The van der Waals surface area contributed by atoms with Gasteiger partial charge in [0.05, 0.1) is 7.11 Å². The first-order valence-electron chi connectivity index (χ1n) is 9.61. The van der Waals surface area contributed by atoms with Crippen LogP contribution in [-0.2, 0) is 9.59 Å². The van der Waals surface area contributed by atoms with Gasteiger partial charge in [-0.1, -0.05) is 39.8 Å². The lowest BCUT2D eigenvalue weighted by Gasteiger charge is -2.10. The van der Waals surface area contributed by atoms with Crippen molar-refractivity contribution >= 4 is 23.2 Å². The van der Waals surface area contributed by atoms with Gasteiger partial charge in [-0.05, 0) is 37.1 Å². The Hall–Kier alpha value is -3.02. The summed E-state index contributed by atoms with van der Waals surface area (Å²) in [5.74, 6) is 0.882. The molecule has 0 saturated heterocycles. The maximum absolute atomic E-state index is 11.4. The van der Waals surface area contributed by atoms with E-state index < -0.39 is 0 Å². The SMILES string of the molecule is COc1cc(NC(=O)C(C)C)ccc1C.Cc1ccc(NC(=O)C(C)C)cc1O. The molecule has 158 valence electrons. The summed E-state index contributed by atoms with van der Waals surface area (Å²) in [4.78, 5) is 22.8. The van der Waals surface area contributed by atoms with Gasteiger partial charge in [0.1, 0.15) is 11.5 Å². The van der Waals surface area contributed by atoms with Gasteiger partial charge in [-0.15, -0.1) is 0 Å². The average Bonchev–Trinajstić information content (AvgIpc) is 2.66. The number of aromatic hydroxyl groups is 1. The summed E-state index contributed by atoms with van der Waals surface area (Å²) < 4.78 is 5.18. The van der Waals surface area contributed by atoms with Crippen LogP contribution in [0.2, 0.25) is 0 Å². The highest BCUT2D eigenvalue weighted by atomic mass is 16.5. The van der Waals surface area contributed by atoms with Crippen LogP contribution in [0.25, 0.3) is 0 Å². The maximum atomic E-state index is 11.4. The summed E-state index contributed by atoms with van der Waals surface area (Å²) in [5, 5.41) is 14.9. The molecule has 0 radical (unpaired) electrons. The highest BCUT2D eigenvalue weighted by molar-refractivity contribution is 5.92. The molecule has 0 aliphatic heterocycles. The summed E-state index contributed by atoms with van der Waals surface area (Å²) in [5.41, 5.74) is 3.26. The molecule has 0 atom stereocenters. The molecule has 0 aromatic heterocycles. The number of carbonyl (C=O) groups excluding carboxylic acids is 2. The van der Waals surface area contributed by atoms with E-state index in [2.05, 4.69) is 10.6 Å². The predicted octanol–water partition coefficient (Wildman–Crippen LogP) is 4.89. The minimum atomic E-state index is -0.0570. The van der Waals surface area contributed by atoms with Gasteiger partial charge < -0.3 is 20.5 Å². The molecule has 0 fully saturated rings. The van der Waals surface area contributed by atoms with E-state index in [4.69, 9.17) is 4.74 Å². The van der Waals surface area contributed by atoms with Crippen molar-refractivity contribution in [2.75, 3.05) is 17.7 Å². The van der Waals surface area contributed by atoms with Crippen LogP contribution in [0.4, 0.5) is 11.4 Å². The molecule has 2 aromatic rings. The summed E-state index contributed by atoms with van der Waals surface area (Å²) in [7, 11) is 1.62. The third-order valence-corrected chi connectivity index (χ3v) is 4.20. The predicted molar refractivity (Wildman–Crippen MR) is 118 cm³/mol. The quantitative estimate of drug-likeness (QED) is 0.666. The standard InChI is InChI=1S/C12H17NO2.C11H15NO2/c1-8(2)12(14)13-10-6-5-9(3)11(7-10)15-4;1-7(2)11(14)12-9-5-4-8(3)10(13)6-9/h5-8H,1-4H3,(H,13,14);4-7,13H,1-3H3,(H,12,14). The van der Waals surface area contributed by atoms with E-state index in [0.29, 0.717) is 5.69 Å². The number of ether oxygens (including phenoxy) is 1. The van der Waals surface area contributed by atoms with Gasteiger partial charge in [0, 0.05) is 35.3 Å². The number of phenols is 1. The smallest absolute Gasteiger partial charge is 0.226 e. The van der Waals surface area contributed by atoms with Crippen LogP contribution in [0, 0.1) is 25.7 Å². The van der Waals surface area contributed by atoms with Crippen molar-refractivity contribution in [3.63, 3.8) is 0 Å². The fraction of sp³-hybridized carbons (Fsp3) is 0.391. The highest BCUT2D eigenvalue weighted by Gasteiger charge is 2.08. The zero-order chi connectivity index (χ0) is 22.1. The molecular formula is C23H32N2O4. The van der Waals surface area contributed by atoms with Gasteiger partial charge in [-0.2, -0.15) is 0 Å². The van der Waals surface area contributed by atoms with Crippen LogP contribution >= 0.6 is 0 Å². The normalized spacial score (nSPS) is 10.2. The molecule has 0 heterocycles. The summed E-state index contributed by atoms with van der Waals surface area (Å²) in [6.45, 7) is 11.1. The Morgan fingerprint density at radius 3 is 1.69 bits per heavy atom. The Balaban J connectivity index is 0.000000291. The molecule has 29 heavy (non-hydrogen) atoms. The maximum Gasteiger partial charge on any atom is 0.226 e. The zero-order valence-electron chi connectivity index (χ0n) is 18.3. The Bertz CT molecular complexity index is 845. The number of aryl methyl sites for hydroxylation is 2. The van der Waals surface area contributed by atoms with Crippen molar-refractivity contribution in [3.05, 3.63) is 47.5 Å². The topological polar surface area (TPSA) is 87.7 Å². The third kappa shape index (κ3) is 7.86. The number of rotatable bonds is 5. The van der Waals surface area contributed by atoms with E-state index >= 15 is 0 Å². The van der Waals surface area contributed by atoms with Crippen molar-refractivity contribution in [3.8, 4) is 11.5 Å². The van der Waals surface area contributed by atoms with Gasteiger partial charge in [0.2, 0.25) is 11.8 Å². The van der Waals surface area contributed by atoms with E-state index in [1.807, 2.05) is 59.7 Å². The number of hydrogen-bond acceptors (Lipinski definition) is 4. The lowest BCUT2D eigenvalue weighted by Crippen LogP contribution is -2.17. The molecule has 2 amide bonds. The zero-order valence-corrected chi connectivity index (χ0v) is 18.3. The molecule has 0 aliphatic rings. The average molecular weight is 401 g/mol. The Labute approximate surface area is 173 Å². The number of phenolic OH excluding ortho intramolecular Hbond substituents is 1. The molecule has 3 N–H and O–H groups in total. The second kappa shape index (κ2) is 11.1. The number of methoxy groups -OCH3 is 1. The number of carbonyl (C=O) groups is 2. The second-order valence-corrected chi connectivity index (χ2v) is 7.47. The number of anilines is 2. The fourth-order valence-corrected chi connectivity index (χ4v) is 2.16. The first kappa shape index (κ1) is 24.0. The van der Waals surface area contributed by atoms with Crippen molar-refractivity contribution in [2.24, 2.45) is 11.8 Å². The Morgan fingerprint density at radius 1 is 0.828 bits per heavy atom. The van der Waals surface area contributed by atoms with Gasteiger partial charge in [0.25, 0.3) is 0 Å². The first-order valence-corrected chi connectivity index (χ1v) is 9.61. The molecule has 0 aliphatic carbocycles. The molecule has 6 nitrogen and oxygen atoms in total. The molecule has 6 heteroatoms. The Morgan fingerprint density at radius 2 is 1.28 bits per heavy atom. The lowest BCUT2D eigenvalue weighted by atomic mass is 10.1. The summed E-state index contributed by atoms with van der Waals surface area (Å²) in [6, 6.07) is 10.7. The molecule has 0 spiro atoms. The monoisotopic (exact) mass is 400 g/mol. The lowest BCUT2D eigenvalue weighted by molar-refractivity contribution is -0.119. The summed E-state index contributed by atoms with van der Waals surface area (Å²) >= 11 is 0. The molecule has 0 bridgehead atoms. The van der Waals surface area contributed by atoms with E-state index in [1.54, 1.807) is 25.3 Å². The van der Waals surface area contributed by atoms with Crippen molar-refractivity contribution in [1.29, 1.82) is 0 Å². The fourth-order valence-electron chi connectivity index (χ4n) is 2.16. The van der Waals surface area contributed by atoms with E-state index in [9.17, 15) is 14.7 Å².